The van der Waals surface area contributed by atoms with Crippen molar-refractivity contribution in [1.29, 1.82) is 0 Å². The third-order valence-corrected chi connectivity index (χ3v) is 4.32. The van der Waals surface area contributed by atoms with Gasteiger partial charge in [-0.2, -0.15) is 0 Å². The fraction of sp³-hybridized carbons (Fsp3) is 0.381. The molecule has 2 aromatic rings. The van der Waals surface area contributed by atoms with Crippen LogP contribution in [0.2, 0.25) is 0 Å². The number of non-ortho nitro benzene ring substituents is 1. The molecule has 0 spiro atoms. The van der Waals surface area contributed by atoms with Crippen molar-refractivity contribution in [3.63, 3.8) is 0 Å². The monoisotopic (exact) mass is 369 g/mol. The Hall–Kier alpha value is -2.89. The van der Waals surface area contributed by atoms with Crippen molar-refractivity contribution < 1.29 is 9.72 Å². The zero-order valence-electron chi connectivity index (χ0n) is 15.7. The molecule has 0 aliphatic rings. The number of amides is 1. The second-order valence-electron chi connectivity index (χ2n) is 6.57. The van der Waals surface area contributed by atoms with Crippen LogP contribution in [0, 0.1) is 10.1 Å². The number of nitro groups is 1. The number of nitrogens with one attached hydrogen (secondary N) is 2. The van der Waals surface area contributed by atoms with Gasteiger partial charge in [0.25, 0.3) is 5.69 Å². The maximum absolute atomic E-state index is 11.9. The normalized spacial score (nSPS) is 10.4. The van der Waals surface area contributed by atoms with Crippen molar-refractivity contribution in [2.75, 3.05) is 10.6 Å². The number of unbranched alkanes of at least 4 members (excludes halogenated alkanes) is 4. The molecular weight excluding hydrogens is 342 g/mol. The third-order valence-electron chi connectivity index (χ3n) is 4.32. The van der Waals surface area contributed by atoms with E-state index in [1.807, 2.05) is 24.3 Å². The Bertz CT molecular complexity index is 727. The third kappa shape index (κ3) is 7.48. The lowest BCUT2D eigenvalue weighted by Crippen LogP contribution is -2.11. The van der Waals surface area contributed by atoms with Gasteiger partial charge in [0.2, 0.25) is 5.91 Å². The zero-order chi connectivity index (χ0) is 19.5. The molecule has 1 amide bonds. The molecular formula is C21H27N3O3. The summed E-state index contributed by atoms with van der Waals surface area (Å²) in [6.07, 6.45) is 6.23. The van der Waals surface area contributed by atoms with Gasteiger partial charge in [0.05, 0.1) is 4.92 Å². The van der Waals surface area contributed by atoms with Crippen molar-refractivity contribution in [3.8, 4) is 0 Å². The fourth-order valence-electron chi connectivity index (χ4n) is 2.72. The minimum atomic E-state index is -0.407. The smallest absolute Gasteiger partial charge is 0.269 e. The first kappa shape index (κ1) is 20.4. The molecule has 0 bridgehead atoms. The lowest BCUT2D eigenvalue weighted by molar-refractivity contribution is -0.384. The van der Waals surface area contributed by atoms with Crippen LogP contribution >= 0.6 is 0 Å². The Morgan fingerprint density at radius 3 is 2.19 bits per heavy atom. The first-order valence-electron chi connectivity index (χ1n) is 9.45. The topological polar surface area (TPSA) is 84.3 Å². The van der Waals surface area contributed by atoms with Crippen LogP contribution in [0.25, 0.3) is 0 Å². The number of carbonyl (C=O) groups excluding carboxylic acids is 1. The van der Waals surface area contributed by atoms with Crippen molar-refractivity contribution in [1.82, 2.24) is 0 Å². The van der Waals surface area contributed by atoms with Gasteiger partial charge < -0.3 is 10.6 Å². The number of hydrogen-bond acceptors (Lipinski definition) is 4. The Morgan fingerprint density at radius 2 is 1.56 bits per heavy atom. The molecule has 2 N–H and O–H groups in total. The summed E-state index contributed by atoms with van der Waals surface area (Å²) in [6, 6.07) is 14.0. The van der Waals surface area contributed by atoms with E-state index in [1.54, 1.807) is 12.1 Å². The SMILES string of the molecule is CCCCCCCC(=O)Nc1ccc(NCc2ccc([N+](=O)[O-])cc2)cc1. The molecule has 0 aliphatic carbocycles. The Morgan fingerprint density at radius 1 is 0.926 bits per heavy atom. The Kier molecular flexibility index (Phi) is 8.29. The summed E-state index contributed by atoms with van der Waals surface area (Å²) in [7, 11) is 0. The van der Waals surface area contributed by atoms with E-state index in [1.165, 1.54) is 31.4 Å². The molecule has 2 rings (SSSR count). The average Bonchev–Trinajstić information content (AvgIpc) is 2.67. The first-order chi connectivity index (χ1) is 13.1. The number of benzene rings is 2. The van der Waals surface area contributed by atoms with Gasteiger partial charge in [-0.1, -0.05) is 44.7 Å². The van der Waals surface area contributed by atoms with Crippen molar-refractivity contribution >= 4 is 23.0 Å². The highest BCUT2D eigenvalue weighted by Crippen LogP contribution is 2.17. The van der Waals surface area contributed by atoms with E-state index in [2.05, 4.69) is 17.6 Å². The largest absolute Gasteiger partial charge is 0.381 e. The summed E-state index contributed by atoms with van der Waals surface area (Å²) in [6.45, 7) is 2.75. The standard InChI is InChI=1S/C21H27N3O3/c1-2-3-4-5-6-7-21(25)23-19-12-10-18(11-13-19)22-16-17-8-14-20(15-9-17)24(26)27/h8-15,22H,2-7,16H2,1H3,(H,23,25). The van der Waals surface area contributed by atoms with Crippen molar-refractivity contribution in [3.05, 3.63) is 64.2 Å². The minimum absolute atomic E-state index is 0.0538. The van der Waals surface area contributed by atoms with Gasteiger partial charge in [-0.3, -0.25) is 14.9 Å². The summed E-state index contributed by atoms with van der Waals surface area (Å²) >= 11 is 0. The Balaban J connectivity index is 1.74. The number of carbonyl (C=O) groups is 1. The number of rotatable bonds is 11. The van der Waals surface area contributed by atoms with Gasteiger partial charge >= 0.3 is 0 Å². The second-order valence-corrected chi connectivity index (χ2v) is 6.57. The highest BCUT2D eigenvalue weighted by molar-refractivity contribution is 5.90. The van der Waals surface area contributed by atoms with Crippen LogP contribution in [0.5, 0.6) is 0 Å². The maximum Gasteiger partial charge on any atom is 0.269 e. The van der Waals surface area contributed by atoms with Gasteiger partial charge in [-0.25, -0.2) is 0 Å². The van der Waals surface area contributed by atoms with Crippen LogP contribution in [0.1, 0.15) is 51.0 Å². The Labute approximate surface area is 160 Å². The summed E-state index contributed by atoms with van der Waals surface area (Å²) in [5.41, 5.74) is 2.76. The van der Waals surface area contributed by atoms with Crippen LogP contribution in [0.3, 0.4) is 0 Å². The van der Waals surface area contributed by atoms with Gasteiger partial charge in [0.1, 0.15) is 0 Å². The minimum Gasteiger partial charge on any atom is -0.381 e. The molecule has 0 atom stereocenters. The van der Waals surface area contributed by atoms with Crippen molar-refractivity contribution in [2.45, 2.75) is 52.0 Å². The second kappa shape index (κ2) is 11.0. The van der Waals surface area contributed by atoms with Gasteiger partial charge in [0.15, 0.2) is 0 Å². The van der Waals surface area contributed by atoms with E-state index in [9.17, 15) is 14.9 Å². The van der Waals surface area contributed by atoms with Crippen LogP contribution in [0.4, 0.5) is 17.1 Å². The van der Waals surface area contributed by atoms with Crippen LogP contribution in [0.15, 0.2) is 48.5 Å². The quantitative estimate of drug-likeness (QED) is 0.311. The van der Waals surface area contributed by atoms with E-state index in [4.69, 9.17) is 0 Å². The molecule has 0 aliphatic heterocycles. The number of nitro benzene ring substituents is 1. The van der Waals surface area contributed by atoms with E-state index >= 15 is 0 Å². The number of nitrogens with zero attached hydrogens (tertiary/aromatic N) is 1. The predicted octanol–water partition coefficient (Wildman–Crippen LogP) is 5.51. The first-order valence-corrected chi connectivity index (χ1v) is 9.45. The van der Waals surface area contributed by atoms with E-state index in [-0.39, 0.29) is 11.6 Å². The van der Waals surface area contributed by atoms with Crippen LogP contribution in [-0.2, 0) is 11.3 Å². The zero-order valence-corrected chi connectivity index (χ0v) is 15.7. The lowest BCUT2D eigenvalue weighted by atomic mass is 10.1. The molecule has 144 valence electrons. The summed E-state index contributed by atoms with van der Waals surface area (Å²) in [5.74, 6) is 0.0538. The lowest BCUT2D eigenvalue weighted by Gasteiger charge is -2.09. The molecule has 0 heterocycles. The number of anilines is 2. The molecule has 0 fully saturated rings. The summed E-state index contributed by atoms with van der Waals surface area (Å²) < 4.78 is 0. The van der Waals surface area contributed by atoms with Gasteiger partial charge in [-0.05, 0) is 36.2 Å². The summed E-state index contributed by atoms with van der Waals surface area (Å²) in [5, 5.41) is 16.8. The molecule has 2 aromatic carbocycles. The maximum atomic E-state index is 11.9. The van der Waals surface area contributed by atoms with E-state index < -0.39 is 4.92 Å². The summed E-state index contributed by atoms with van der Waals surface area (Å²) in [4.78, 5) is 22.2. The van der Waals surface area contributed by atoms with Gasteiger partial charge in [0, 0.05) is 36.5 Å². The molecule has 0 radical (unpaired) electrons. The highest BCUT2D eigenvalue weighted by atomic mass is 16.6. The molecule has 6 heteroatoms. The predicted molar refractivity (Wildman–Crippen MR) is 109 cm³/mol. The fourth-order valence-corrected chi connectivity index (χ4v) is 2.72. The van der Waals surface area contributed by atoms with E-state index in [0.29, 0.717) is 13.0 Å². The van der Waals surface area contributed by atoms with Crippen molar-refractivity contribution in [2.24, 2.45) is 0 Å². The van der Waals surface area contributed by atoms with Crippen LogP contribution < -0.4 is 10.6 Å². The highest BCUT2D eigenvalue weighted by Gasteiger charge is 2.05. The molecule has 0 saturated carbocycles. The molecule has 0 unspecified atom stereocenters. The van der Waals surface area contributed by atoms with E-state index in [0.717, 1.165) is 29.8 Å². The van der Waals surface area contributed by atoms with Gasteiger partial charge in [-0.15, -0.1) is 0 Å². The molecule has 27 heavy (non-hydrogen) atoms. The molecule has 0 aromatic heterocycles. The molecule has 6 nitrogen and oxygen atoms in total. The van der Waals surface area contributed by atoms with Crippen LogP contribution in [-0.4, -0.2) is 10.8 Å². The molecule has 0 saturated heterocycles. The average molecular weight is 369 g/mol. The number of hydrogen-bond donors (Lipinski definition) is 2.